The van der Waals surface area contributed by atoms with E-state index in [4.69, 9.17) is 18.6 Å². The van der Waals surface area contributed by atoms with Gasteiger partial charge in [-0.05, 0) is 44.1 Å². The molecule has 0 N–H and O–H groups in total. The molecule has 10 heteroatoms. The molecule has 2 aliphatic rings. The van der Waals surface area contributed by atoms with Crippen LogP contribution in [0.3, 0.4) is 0 Å². The van der Waals surface area contributed by atoms with E-state index in [1.165, 1.54) is 29.4 Å². The van der Waals surface area contributed by atoms with Crippen molar-refractivity contribution >= 4 is 20.1 Å². The van der Waals surface area contributed by atoms with Gasteiger partial charge in [-0.1, -0.05) is 50.7 Å². The zero-order valence-electron chi connectivity index (χ0n) is 21.7. The lowest BCUT2D eigenvalue weighted by Crippen LogP contribution is -2.44. The largest absolute Gasteiger partial charge is 0.414 e. The first-order chi connectivity index (χ1) is 16.2. The van der Waals surface area contributed by atoms with E-state index in [1.54, 1.807) is 0 Å². The number of rotatable bonds is 6. The normalized spacial score (nSPS) is 26.2. The van der Waals surface area contributed by atoms with Crippen LogP contribution in [0.4, 0.5) is 0 Å². The zero-order chi connectivity index (χ0) is 25.8. The quantitative estimate of drug-likeness (QED) is 0.418. The van der Waals surface area contributed by atoms with Crippen LogP contribution in [0.1, 0.15) is 40.8 Å². The number of hydrogen-bond donors (Lipinski definition) is 0. The van der Waals surface area contributed by atoms with Crippen molar-refractivity contribution in [3.63, 3.8) is 0 Å². The molecule has 0 aliphatic carbocycles. The van der Waals surface area contributed by atoms with Gasteiger partial charge in [0.15, 0.2) is 20.3 Å². The molecule has 0 unspecified atom stereocenters. The van der Waals surface area contributed by atoms with E-state index in [1.807, 2.05) is 44.2 Å². The molecule has 1 aromatic carbocycles. The molecule has 35 heavy (non-hydrogen) atoms. The molecule has 2 fully saturated rings. The number of aromatic nitrogens is 2. The minimum absolute atomic E-state index is 0.0465. The van der Waals surface area contributed by atoms with Crippen molar-refractivity contribution in [2.75, 3.05) is 6.61 Å². The lowest BCUT2D eigenvalue weighted by molar-refractivity contribution is -0.201. The molecule has 2 aromatic rings. The Morgan fingerprint density at radius 1 is 1.09 bits per heavy atom. The van der Waals surface area contributed by atoms with Crippen molar-refractivity contribution in [2.45, 2.75) is 93.0 Å². The summed E-state index contributed by atoms with van der Waals surface area (Å²) in [5.41, 5.74) is -0.833. The molecule has 0 spiro atoms. The van der Waals surface area contributed by atoms with Gasteiger partial charge in [0, 0.05) is 18.0 Å². The summed E-state index contributed by atoms with van der Waals surface area (Å²) in [6, 6.07) is 11.1. The van der Waals surface area contributed by atoms with E-state index in [-0.39, 0.29) is 10.6 Å². The fourth-order valence-electron chi connectivity index (χ4n) is 4.05. The highest BCUT2D eigenvalue weighted by Gasteiger charge is 2.57. The maximum Gasteiger partial charge on any atom is 0.333 e. The van der Waals surface area contributed by atoms with Gasteiger partial charge in [0.05, 0.1) is 11.6 Å². The van der Waals surface area contributed by atoms with E-state index in [9.17, 15) is 9.59 Å². The third-order valence-corrected chi connectivity index (χ3v) is 12.6. The van der Waals surface area contributed by atoms with Crippen molar-refractivity contribution in [1.29, 1.82) is 0 Å². The molecule has 4 atom stereocenters. The van der Waals surface area contributed by atoms with Gasteiger partial charge >= 0.3 is 5.69 Å². The predicted molar refractivity (Wildman–Crippen MR) is 137 cm³/mol. The maximum atomic E-state index is 13.4. The van der Waals surface area contributed by atoms with Gasteiger partial charge in [0.1, 0.15) is 18.3 Å². The van der Waals surface area contributed by atoms with Crippen molar-refractivity contribution in [1.82, 2.24) is 9.13 Å². The number of fused-ring (bicyclic) bond motifs is 1. The Bertz CT molecular complexity index is 1190. The second-order valence-corrected chi connectivity index (χ2v) is 17.1. The molecule has 3 heterocycles. The summed E-state index contributed by atoms with van der Waals surface area (Å²) in [7, 11) is -0.566. The third-order valence-electron chi connectivity index (χ3n) is 7.07. The fraction of sp³-hybridized carbons (Fsp3) is 0.600. The Kier molecular flexibility index (Phi) is 7.02. The molecule has 192 valence electrons. The van der Waals surface area contributed by atoms with Crippen LogP contribution in [-0.2, 0) is 25.7 Å². The number of benzene rings is 1. The van der Waals surface area contributed by atoms with Crippen LogP contribution in [0.25, 0.3) is 0 Å². The molecule has 4 rings (SSSR count). The summed E-state index contributed by atoms with van der Waals surface area (Å²) in [6.07, 6.45) is -2.11. The number of ether oxygens (including phenoxy) is 3. The minimum Gasteiger partial charge on any atom is -0.414 e. The average Bonchev–Trinajstić information content (AvgIpc) is 3.24. The van der Waals surface area contributed by atoms with Gasteiger partial charge in [-0.3, -0.25) is 13.9 Å². The summed E-state index contributed by atoms with van der Waals surface area (Å²) in [5.74, 6) is -0.830. The highest BCUT2D eigenvalue weighted by Crippen LogP contribution is 2.45. The maximum absolute atomic E-state index is 13.4. The predicted octanol–water partition coefficient (Wildman–Crippen LogP) is 4.14. The topological polar surface area (TPSA) is 80.9 Å². The second-order valence-electron chi connectivity index (χ2n) is 11.1. The minimum atomic E-state index is -2.04. The SMILES string of the molecule is Cn1c(=O)cc(Sc2ccccc2)n([C@@H]2O[C@H](CO[Si](C)(C)C(C)(C)C)[C@H]3OC(C)(C)O[C@H]32)c1=O. The Morgan fingerprint density at radius 3 is 2.34 bits per heavy atom. The van der Waals surface area contributed by atoms with Crippen LogP contribution in [0.5, 0.6) is 0 Å². The number of hydrogen-bond acceptors (Lipinski definition) is 7. The highest BCUT2D eigenvalue weighted by molar-refractivity contribution is 7.99. The Labute approximate surface area is 211 Å². The van der Waals surface area contributed by atoms with Gasteiger partial charge in [-0.25, -0.2) is 4.79 Å². The van der Waals surface area contributed by atoms with Crippen molar-refractivity contribution in [2.24, 2.45) is 7.05 Å². The monoisotopic (exact) mass is 520 g/mol. The van der Waals surface area contributed by atoms with Gasteiger partial charge in [-0.15, -0.1) is 0 Å². The Hall–Kier alpha value is -1.69. The molecule has 2 aliphatic heterocycles. The van der Waals surface area contributed by atoms with Crippen molar-refractivity contribution < 1.29 is 18.6 Å². The summed E-state index contributed by atoms with van der Waals surface area (Å²) in [6.45, 7) is 15.0. The Balaban J connectivity index is 1.72. The van der Waals surface area contributed by atoms with Crippen LogP contribution in [-0.4, -0.2) is 48.2 Å². The van der Waals surface area contributed by atoms with Crippen molar-refractivity contribution in [3.8, 4) is 0 Å². The lowest BCUT2D eigenvalue weighted by atomic mass is 10.1. The van der Waals surface area contributed by atoms with E-state index < -0.39 is 44.3 Å². The van der Waals surface area contributed by atoms with E-state index >= 15 is 0 Å². The van der Waals surface area contributed by atoms with Crippen LogP contribution in [0, 0.1) is 0 Å². The molecule has 1 aromatic heterocycles. The molecule has 0 radical (unpaired) electrons. The molecule has 0 amide bonds. The lowest BCUT2D eigenvalue weighted by Gasteiger charge is -2.37. The summed E-state index contributed by atoms with van der Waals surface area (Å²) < 4.78 is 28.0. The fourth-order valence-corrected chi connectivity index (χ4v) is 6.04. The molecule has 0 saturated carbocycles. The van der Waals surface area contributed by atoms with E-state index in [2.05, 4.69) is 33.9 Å². The highest BCUT2D eigenvalue weighted by atomic mass is 32.2. The van der Waals surface area contributed by atoms with E-state index in [0.29, 0.717) is 11.6 Å². The first-order valence-corrected chi connectivity index (χ1v) is 15.6. The van der Waals surface area contributed by atoms with Crippen LogP contribution < -0.4 is 11.2 Å². The van der Waals surface area contributed by atoms with Gasteiger partial charge in [0.25, 0.3) is 5.56 Å². The van der Waals surface area contributed by atoms with Gasteiger partial charge in [0.2, 0.25) is 0 Å². The number of nitrogens with zero attached hydrogens (tertiary/aromatic N) is 2. The Morgan fingerprint density at radius 2 is 1.71 bits per heavy atom. The summed E-state index contributed by atoms with van der Waals surface area (Å²) in [4.78, 5) is 26.9. The molecule has 8 nitrogen and oxygen atoms in total. The molecule has 2 saturated heterocycles. The average molecular weight is 521 g/mol. The second kappa shape index (κ2) is 9.31. The standard InChI is InChI=1S/C25H36N2O6SSi/c1-24(2,3)35(7,8)30-15-17-20-21(33-25(4,5)32-20)22(31-17)27-19(14-18(28)26(6)23(27)29)34-16-12-10-9-11-13-16/h9-14,17,20-22H,15H2,1-8H3/t17-,20-,21-,22-/m1/s1. The molecular weight excluding hydrogens is 484 g/mol. The first kappa shape index (κ1) is 26.4. The smallest absolute Gasteiger partial charge is 0.333 e. The van der Waals surface area contributed by atoms with Crippen molar-refractivity contribution in [3.05, 3.63) is 57.2 Å². The van der Waals surface area contributed by atoms with E-state index in [0.717, 1.165) is 9.46 Å². The summed E-state index contributed by atoms with van der Waals surface area (Å²) >= 11 is 1.34. The van der Waals surface area contributed by atoms with Crippen LogP contribution >= 0.6 is 11.8 Å². The molecule has 0 bridgehead atoms. The zero-order valence-corrected chi connectivity index (χ0v) is 23.5. The molecular formula is C25H36N2O6SSi. The van der Waals surface area contributed by atoms with Gasteiger partial charge in [-0.2, -0.15) is 0 Å². The van der Waals surface area contributed by atoms with Crippen LogP contribution in [0.2, 0.25) is 18.1 Å². The first-order valence-electron chi connectivity index (χ1n) is 11.9. The van der Waals surface area contributed by atoms with Gasteiger partial charge < -0.3 is 18.6 Å². The van der Waals surface area contributed by atoms with Crippen LogP contribution in [0.15, 0.2) is 55.9 Å². The third kappa shape index (κ3) is 5.23. The summed E-state index contributed by atoms with van der Waals surface area (Å²) in [5, 5.41) is 0.539.